The normalized spacial score (nSPS) is 10.8. The molecule has 0 saturated heterocycles. The highest BCUT2D eigenvalue weighted by Gasteiger charge is 2.17. The molecule has 2 aromatic carbocycles. The van der Waals surface area contributed by atoms with Crippen LogP contribution in [0, 0.1) is 10.1 Å². The van der Waals surface area contributed by atoms with E-state index in [4.69, 9.17) is 9.47 Å². The number of ether oxygens (including phenoxy) is 2. The number of esters is 2. The van der Waals surface area contributed by atoms with Crippen LogP contribution in [0.3, 0.4) is 0 Å². The average Bonchev–Trinajstić information content (AvgIpc) is 2.66. The second kappa shape index (κ2) is 8.30. The van der Waals surface area contributed by atoms with Gasteiger partial charge in [-0.05, 0) is 29.8 Å². The summed E-state index contributed by atoms with van der Waals surface area (Å²) in [5, 5.41) is 11.9. The molecule has 0 aliphatic rings. The number of hydrogen-bond donors (Lipinski definition) is 0. The maximum absolute atomic E-state index is 11.4. The molecule has 0 unspecified atom stereocenters. The molecule has 0 bridgehead atoms. The van der Waals surface area contributed by atoms with E-state index in [0.29, 0.717) is 27.9 Å². The lowest BCUT2D eigenvalue weighted by atomic mass is 10.1. The maximum Gasteiger partial charge on any atom is 0.312 e. The van der Waals surface area contributed by atoms with Crippen molar-refractivity contribution in [2.75, 3.05) is 0 Å². The third-order valence-electron chi connectivity index (χ3n) is 3.83. The van der Waals surface area contributed by atoms with E-state index in [1.54, 1.807) is 36.4 Å². The van der Waals surface area contributed by atoms with Crippen LogP contribution in [0.4, 0.5) is 5.69 Å². The summed E-state index contributed by atoms with van der Waals surface area (Å²) in [4.78, 5) is 37.6. The van der Waals surface area contributed by atoms with E-state index in [-0.39, 0.29) is 11.4 Å². The fourth-order valence-electron chi connectivity index (χ4n) is 2.69. The van der Waals surface area contributed by atoms with Gasteiger partial charge in [0.1, 0.15) is 5.75 Å². The Morgan fingerprint density at radius 3 is 2.34 bits per heavy atom. The first kappa shape index (κ1) is 19.7. The minimum atomic E-state index is -0.644. The highest BCUT2D eigenvalue weighted by molar-refractivity contribution is 5.89. The summed E-state index contributed by atoms with van der Waals surface area (Å²) in [6.45, 7) is 2.48. The van der Waals surface area contributed by atoms with Crippen LogP contribution in [0.5, 0.6) is 11.5 Å². The van der Waals surface area contributed by atoms with Gasteiger partial charge in [0, 0.05) is 31.4 Å². The number of aromatic nitrogens is 1. The quantitative estimate of drug-likeness (QED) is 0.277. The molecule has 0 spiro atoms. The Kier molecular flexibility index (Phi) is 5.64. The number of hydrogen-bond acceptors (Lipinski definition) is 7. The topological polar surface area (TPSA) is 109 Å². The van der Waals surface area contributed by atoms with Crippen molar-refractivity contribution in [2.24, 2.45) is 0 Å². The zero-order valence-electron chi connectivity index (χ0n) is 15.6. The van der Waals surface area contributed by atoms with Crippen molar-refractivity contribution in [3.8, 4) is 11.5 Å². The van der Waals surface area contributed by atoms with Gasteiger partial charge in [0.15, 0.2) is 0 Å². The molecule has 1 heterocycles. The van der Waals surface area contributed by atoms with Gasteiger partial charge in [-0.2, -0.15) is 0 Å². The van der Waals surface area contributed by atoms with Crippen LogP contribution in [-0.4, -0.2) is 21.8 Å². The minimum Gasteiger partial charge on any atom is -0.426 e. The predicted octanol–water partition coefficient (Wildman–Crippen LogP) is 4.16. The lowest BCUT2D eigenvalue weighted by molar-refractivity contribution is -0.385. The van der Waals surface area contributed by atoms with E-state index in [1.807, 2.05) is 12.1 Å². The minimum absolute atomic E-state index is 0.124. The monoisotopic (exact) mass is 392 g/mol. The summed E-state index contributed by atoms with van der Waals surface area (Å²) >= 11 is 0. The van der Waals surface area contributed by atoms with E-state index in [9.17, 15) is 19.7 Å². The average molecular weight is 392 g/mol. The molecule has 0 N–H and O–H groups in total. The number of benzene rings is 2. The van der Waals surface area contributed by atoms with Gasteiger partial charge >= 0.3 is 17.6 Å². The lowest BCUT2D eigenvalue weighted by Crippen LogP contribution is -2.04. The van der Waals surface area contributed by atoms with Gasteiger partial charge in [-0.3, -0.25) is 19.7 Å². The van der Waals surface area contributed by atoms with Gasteiger partial charge in [-0.1, -0.05) is 24.3 Å². The molecule has 8 nitrogen and oxygen atoms in total. The van der Waals surface area contributed by atoms with Gasteiger partial charge in [-0.15, -0.1) is 0 Å². The summed E-state index contributed by atoms with van der Waals surface area (Å²) in [5.41, 5.74) is 1.33. The lowest BCUT2D eigenvalue weighted by Gasteiger charge is -2.07. The Morgan fingerprint density at radius 1 is 0.966 bits per heavy atom. The smallest absolute Gasteiger partial charge is 0.312 e. The Hall–Kier alpha value is -4.07. The van der Waals surface area contributed by atoms with Gasteiger partial charge in [-0.25, -0.2) is 4.98 Å². The van der Waals surface area contributed by atoms with E-state index in [2.05, 4.69) is 4.98 Å². The van der Waals surface area contributed by atoms with Crippen LogP contribution >= 0.6 is 0 Å². The molecule has 146 valence electrons. The van der Waals surface area contributed by atoms with Crippen LogP contribution in [-0.2, 0) is 9.59 Å². The number of nitro benzene ring substituents is 1. The van der Waals surface area contributed by atoms with Crippen LogP contribution < -0.4 is 9.47 Å². The molecule has 0 saturated carbocycles. The second-order valence-electron chi connectivity index (χ2n) is 6.07. The summed E-state index contributed by atoms with van der Waals surface area (Å²) in [7, 11) is 0. The van der Waals surface area contributed by atoms with Crippen molar-refractivity contribution < 1.29 is 24.0 Å². The highest BCUT2D eigenvalue weighted by Crippen LogP contribution is 2.30. The zero-order valence-corrected chi connectivity index (χ0v) is 15.6. The molecule has 3 rings (SSSR count). The molecule has 0 fully saturated rings. The number of fused-ring (bicyclic) bond motifs is 1. The number of para-hydroxylation sites is 1. The largest absolute Gasteiger partial charge is 0.426 e. The van der Waals surface area contributed by atoms with Crippen molar-refractivity contribution in [3.63, 3.8) is 0 Å². The summed E-state index contributed by atoms with van der Waals surface area (Å²) in [6.07, 6.45) is 3.27. The summed E-state index contributed by atoms with van der Waals surface area (Å²) < 4.78 is 10.1. The Bertz CT molecular complexity index is 1150. The number of nitro groups is 1. The molecule has 0 amide bonds. The van der Waals surface area contributed by atoms with E-state index >= 15 is 0 Å². The SMILES string of the molecule is CC(=O)Oc1ccc(/C=C/c2cc(OC(C)=O)c3ccccc3n2)cc1[N+](=O)[O-]. The van der Waals surface area contributed by atoms with Crippen molar-refractivity contribution in [2.45, 2.75) is 13.8 Å². The van der Waals surface area contributed by atoms with Crippen molar-refractivity contribution >= 4 is 40.7 Å². The van der Waals surface area contributed by atoms with E-state index < -0.39 is 16.9 Å². The molecule has 0 atom stereocenters. The van der Waals surface area contributed by atoms with Gasteiger partial charge in [0.05, 0.1) is 16.1 Å². The predicted molar refractivity (Wildman–Crippen MR) is 106 cm³/mol. The molecule has 0 aliphatic carbocycles. The Balaban J connectivity index is 1.98. The van der Waals surface area contributed by atoms with Crippen LogP contribution in [0.1, 0.15) is 25.1 Å². The summed E-state index contributed by atoms with van der Waals surface area (Å²) in [5.74, 6) is -0.845. The van der Waals surface area contributed by atoms with Crippen molar-refractivity contribution in [1.29, 1.82) is 0 Å². The van der Waals surface area contributed by atoms with Gasteiger partial charge in [0.2, 0.25) is 5.75 Å². The number of carbonyl (C=O) groups is 2. The number of nitrogens with zero attached hydrogens (tertiary/aromatic N) is 2. The molecular weight excluding hydrogens is 376 g/mol. The van der Waals surface area contributed by atoms with Gasteiger partial charge < -0.3 is 9.47 Å². The van der Waals surface area contributed by atoms with E-state index in [1.165, 1.54) is 26.0 Å². The first-order valence-corrected chi connectivity index (χ1v) is 8.56. The molecule has 29 heavy (non-hydrogen) atoms. The number of rotatable bonds is 5. The first-order chi connectivity index (χ1) is 13.8. The maximum atomic E-state index is 11.4. The third kappa shape index (κ3) is 4.81. The molecule has 1 aromatic heterocycles. The molecule has 0 aliphatic heterocycles. The molecule has 0 radical (unpaired) electrons. The van der Waals surface area contributed by atoms with Crippen LogP contribution in [0.15, 0.2) is 48.5 Å². The number of carbonyl (C=O) groups excluding carboxylic acids is 2. The Morgan fingerprint density at radius 2 is 1.66 bits per heavy atom. The third-order valence-corrected chi connectivity index (χ3v) is 3.83. The fourth-order valence-corrected chi connectivity index (χ4v) is 2.69. The van der Waals surface area contributed by atoms with E-state index in [0.717, 1.165) is 0 Å². The molecular formula is C21H16N2O6. The Labute approximate surface area is 165 Å². The standard InChI is InChI=1S/C21H16N2O6/c1-13(24)28-20-10-8-15(11-19(20)23(26)27)7-9-16-12-21(29-14(2)25)17-5-3-4-6-18(17)22-16/h3-12H,1-2H3/b9-7+. The van der Waals surface area contributed by atoms with Crippen LogP contribution in [0.2, 0.25) is 0 Å². The fraction of sp³-hybridized carbons (Fsp3) is 0.0952. The zero-order chi connectivity index (χ0) is 21.0. The second-order valence-corrected chi connectivity index (χ2v) is 6.07. The van der Waals surface area contributed by atoms with Crippen molar-refractivity contribution in [1.82, 2.24) is 4.98 Å². The molecule has 8 heteroatoms. The van der Waals surface area contributed by atoms with Crippen molar-refractivity contribution in [3.05, 3.63) is 69.9 Å². The van der Waals surface area contributed by atoms with Crippen LogP contribution in [0.25, 0.3) is 23.1 Å². The first-order valence-electron chi connectivity index (χ1n) is 8.56. The highest BCUT2D eigenvalue weighted by atomic mass is 16.6. The van der Waals surface area contributed by atoms with Gasteiger partial charge in [0.25, 0.3) is 0 Å². The summed E-state index contributed by atoms with van der Waals surface area (Å²) in [6, 6.07) is 13.1. The number of pyridine rings is 1. The molecule has 3 aromatic rings.